The van der Waals surface area contributed by atoms with E-state index in [4.69, 9.17) is 5.73 Å². The summed E-state index contributed by atoms with van der Waals surface area (Å²) < 4.78 is 1.72. The van der Waals surface area contributed by atoms with Gasteiger partial charge in [-0.15, -0.1) is 11.3 Å². The molecule has 0 spiro atoms. The van der Waals surface area contributed by atoms with E-state index < -0.39 is 6.04 Å². The van der Waals surface area contributed by atoms with Crippen molar-refractivity contribution in [1.82, 2.24) is 20.4 Å². The third kappa shape index (κ3) is 2.25. The summed E-state index contributed by atoms with van der Waals surface area (Å²) in [6.07, 6.45) is 1.52. The number of hydrogen-bond donors (Lipinski definition) is 3. The van der Waals surface area contributed by atoms with Crippen molar-refractivity contribution in [2.45, 2.75) is 25.8 Å². The Morgan fingerprint density at radius 2 is 2.33 bits per heavy atom. The predicted octanol–water partition coefficient (Wildman–Crippen LogP) is 0.534. The van der Waals surface area contributed by atoms with Gasteiger partial charge in [-0.2, -0.15) is 5.10 Å². The highest BCUT2D eigenvalue weighted by molar-refractivity contribution is 7.21. The predicted molar refractivity (Wildman–Crippen MR) is 81.2 cm³/mol. The van der Waals surface area contributed by atoms with Gasteiger partial charge in [-0.3, -0.25) is 14.3 Å². The molecule has 1 fully saturated rings. The van der Waals surface area contributed by atoms with Gasteiger partial charge < -0.3 is 16.4 Å². The zero-order valence-corrected chi connectivity index (χ0v) is 12.7. The van der Waals surface area contributed by atoms with Crippen LogP contribution in [0.3, 0.4) is 0 Å². The van der Waals surface area contributed by atoms with Gasteiger partial charge in [0.05, 0.1) is 16.8 Å². The standard InChI is InChI=1S/C13H17N5O2S/c1-6-8-9(14)10(21-13(8)18(2)17-6)12(20)16-7-4-3-5-15-11(7)19/h7H,3-5,14H2,1-2H3,(H,15,19)(H,16,20). The minimum absolute atomic E-state index is 0.132. The van der Waals surface area contributed by atoms with Crippen LogP contribution < -0.4 is 16.4 Å². The monoisotopic (exact) mass is 307 g/mol. The van der Waals surface area contributed by atoms with Crippen LogP contribution in [-0.2, 0) is 11.8 Å². The fourth-order valence-electron chi connectivity index (χ4n) is 2.63. The quantitative estimate of drug-likeness (QED) is 0.753. The van der Waals surface area contributed by atoms with Crippen molar-refractivity contribution >= 4 is 39.1 Å². The molecule has 1 saturated heterocycles. The minimum Gasteiger partial charge on any atom is -0.397 e. The number of thiophene rings is 1. The molecule has 2 amide bonds. The number of nitrogen functional groups attached to an aromatic ring is 1. The number of fused-ring (bicyclic) bond motifs is 1. The second kappa shape index (κ2) is 5.03. The lowest BCUT2D eigenvalue weighted by molar-refractivity contribution is -0.124. The summed E-state index contributed by atoms with van der Waals surface area (Å²) in [5, 5.41) is 10.6. The molecule has 0 saturated carbocycles. The first-order valence-corrected chi connectivity index (χ1v) is 7.61. The maximum atomic E-state index is 12.4. The van der Waals surface area contributed by atoms with E-state index in [-0.39, 0.29) is 11.8 Å². The first-order chi connectivity index (χ1) is 9.99. The van der Waals surface area contributed by atoms with Crippen molar-refractivity contribution in [3.63, 3.8) is 0 Å². The highest BCUT2D eigenvalue weighted by Gasteiger charge is 2.27. The molecule has 21 heavy (non-hydrogen) atoms. The number of aromatic nitrogens is 2. The van der Waals surface area contributed by atoms with Crippen LogP contribution >= 0.6 is 11.3 Å². The smallest absolute Gasteiger partial charge is 0.264 e. The molecule has 1 atom stereocenters. The molecule has 0 aliphatic carbocycles. The van der Waals surface area contributed by atoms with E-state index in [9.17, 15) is 9.59 Å². The largest absolute Gasteiger partial charge is 0.397 e. The molecule has 1 aliphatic heterocycles. The van der Waals surface area contributed by atoms with Crippen LogP contribution in [0.5, 0.6) is 0 Å². The van der Waals surface area contributed by atoms with Crippen LogP contribution in [0.2, 0.25) is 0 Å². The summed E-state index contributed by atoms with van der Waals surface area (Å²) in [5.41, 5.74) is 7.33. The third-order valence-electron chi connectivity index (χ3n) is 3.68. The topological polar surface area (TPSA) is 102 Å². The molecular weight excluding hydrogens is 290 g/mol. The zero-order valence-electron chi connectivity index (χ0n) is 11.9. The van der Waals surface area contributed by atoms with Gasteiger partial charge in [-0.1, -0.05) is 0 Å². The number of nitrogens with zero attached hydrogens (tertiary/aromatic N) is 2. The van der Waals surface area contributed by atoms with Gasteiger partial charge in [0.25, 0.3) is 5.91 Å². The Kier molecular flexibility index (Phi) is 3.32. The highest BCUT2D eigenvalue weighted by Crippen LogP contribution is 2.35. The number of nitrogens with one attached hydrogen (secondary N) is 2. The number of piperidine rings is 1. The van der Waals surface area contributed by atoms with E-state index in [0.29, 0.717) is 23.5 Å². The molecule has 2 aromatic heterocycles. The van der Waals surface area contributed by atoms with Gasteiger partial charge in [0.1, 0.15) is 15.7 Å². The van der Waals surface area contributed by atoms with Gasteiger partial charge in [-0.25, -0.2) is 0 Å². The molecule has 0 bridgehead atoms. The molecule has 0 radical (unpaired) electrons. The van der Waals surface area contributed by atoms with Gasteiger partial charge in [-0.05, 0) is 19.8 Å². The first-order valence-electron chi connectivity index (χ1n) is 6.79. The summed E-state index contributed by atoms with van der Waals surface area (Å²) in [6, 6.07) is -0.477. The number of anilines is 1. The highest BCUT2D eigenvalue weighted by atomic mass is 32.1. The number of hydrogen-bond acceptors (Lipinski definition) is 5. The molecule has 112 valence electrons. The van der Waals surface area contributed by atoms with Crippen molar-refractivity contribution in [1.29, 1.82) is 0 Å². The minimum atomic E-state index is -0.477. The lowest BCUT2D eigenvalue weighted by Gasteiger charge is -2.22. The molecule has 3 heterocycles. The summed E-state index contributed by atoms with van der Waals surface area (Å²) in [5.74, 6) is -0.428. The molecule has 7 nitrogen and oxygen atoms in total. The average Bonchev–Trinajstić information content (AvgIpc) is 2.92. The van der Waals surface area contributed by atoms with Crippen LogP contribution in [-0.4, -0.2) is 34.2 Å². The molecule has 2 aromatic rings. The average molecular weight is 307 g/mol. The Labute approximate surface area is 125 Å². The molecule has 8 heteroatoms. The number of aryl methyl sites for hydroxylation is 2. The van der Waals surface area contributed by atoms with Gasteiger partial charge in [0, 0.05) is 13.6 Å². The second-order valence-electron chi connectivity index (χ2n) is 5.19. The van der Waals surface area contributed by atoms with E-state index in [0.717, 1.165) is 22.3 Å². The first kappa shape index (κ1) is 13.9. The molecule has 4 N–H and O–H groups in total. The molecule has 0 aromatic carbocycles. The molecular formula is C13H17N5O2S. The maximum absolute atomic E-state index is 12.4. The fraction of sp³-hybridized carbons (Fsp3) is 0.462. The van der Waals surface area contributed by atoms with Crippen LogP contribution in [0, 0.1) is 6.92 Å². The van der Waals surface area contributed by atoms with Gasteiger partial charge >= 0.3 is 0 Å². The number of nitrogens with two attached hydrogens (primary N) is 1. The Hall–Kier alpha value is -2.09. The van der Waals surface area contributed by atoms with Crippen molar-refractivity contribution in [3.8, 4) is 0 Å². The van der Waals surface area contributed by atoms with E-state index in [2.05, 4.69) is 15.7 Å². The summed E-state index contributed by atoms with van der Waals surface area (Å²) in [6.45, 7) is 2.53. The van der Waals surface area contributed by atoms with Gasteiger partial charge in [0.2, 0.25) is 5.91 Å². The summed E-state index contributed by atoms with van der Waals surface area (Å²) in [4.78, 5) is 25.4. The van der Waals surface area contributed by atoms with Crippen molar-refractivity contribution in [2.75, 3.05) is 12.3 Å². The van der Waals surface area contributed by atoms with Crippen molar-refractivity contribution in [3.05, 3.63) is 10.6 Å². The third-order valence-corrected chi connectivity index (χ3v) is 4.95. The van der Waals surface area contributed by atoms with E-state index >= 15 is 0 Å². The fourth-order valence-corrected chi connectivity index (χ4v) is 3.72. The van der Waals surface area contributed by atoms with E-state index in [1.54, 1.807) is 4.68 Å². The van der Waals surface area contributed by atoms with Crippen molar-refractivity contribution < 1.29 is 9.59 Å². The number of amides is 2. The summed E-state index contributed by atoms with van der Waals surface area (Å²) in [7, 11) is 1.82. The molecule has 3 rings (SSSR count). The normalized spacial score (nSPS) is 18.8. The van der Waals surface area contributed by atoms with Crippen LogP contribution in [0.4, 0.5) is 5.69 Å². The van der Waals surface area contributed by atoms with Crippen LogP contribution in [0.15, 0.2) is 0 Å². The lowest BCUT2D eigenvalue weighted by Crippen LogP contribution is -2.50. The maximum Gasteiger partial charge on any atom is 0.264 e. The van der Waals surface area contributed by atoms with Crippen LogP contribution in [0.25, 0.3) is 10.2 Å². The van der Waals surface area contributed by atoms with E-state index in [1.807, 2.05) is 14.0 Å². The second-order valence-corrected chi connectivity index (χ2v) is 6.19. The Morgan fingerprint density at radius 3 is 3.00 bits per heavy atom. The van der Waals surface area contributed by atoms with E-state index in [1.165, 1.54) is 11.3 Å². The lowest BCUT2D eigenvalue weighted by atomic mass is 10.1. The molecule has 1 unspecified atom stereocenters. The Morgan fingerprint density at radius 1 is 1.57 bits per heavy atom. The number of carbonyl (C=O) groups excluding carboxylic acids is 2. The molecule has 1 aliphatic rings. The van der Waals surface area contributed by atoms with Crippen molar-refractivity contribution in [2.24, 2.45) is 7.05 Å². The Bertz CT molecular complexity index is 733. The number of carbonyl (C=O) groups is 2. The SMILES string of the molecule is Cc1nn(C)c2sc(C(=O)NC3CCCNC3=O)c(N)c12. The number of rotatable bonds is 2. The zero-order chi connectivity index (χ0) is 15.1. The Balaban J connectivity index is 1.89. The van der Waals surface area contributed by atoms with Gasteiger partial charge in [0.15, 0.2) is 0 Å². The van der Waals surface area contributed by atoms with Crippen LogP contribution in [0.1, 0.15) is 28.2 Å². The summed E-state index contributed by atoms with van der Waals surface area (Å²) >= 11 is 1.30.